The van der Waals surface area contributed by atoms with E-state index in [1.807, 2.05) is 72.8 Å². The molecule has 0 radical (unpaired) electrons. The molecule has 0 amide bonds. The second kappa shape index (κ2) is 9.39. The maximum absolute atomic E-state index is 11.6. The van der Waals surface area contributed by atoms with Crippen molar-refractivity contribution >= 4 is 23.0 Å². The van der Waals surface area contributed by atoms with Gasteiger partial charge < -0.3 is 9.47 Å². The number of fused-ring (bicyclic) bond motifs is 1. The van der Waals surface area contributed by atoms with Crippen LogP contribution in [0.25, 0.3) is 33.5 Å². The second-order valence-corrected chi connectivity index (χ2v) is 7.35. The molecule has 32 heavy (non-hydrogen) atoms. The summed E-state index contributed by atoms with van der Waals surface area (Å²) in [7, 11) is 2.76. The molecule has 0 saturated carbocycles. The number of rotatable bonds is 6. The van der Waals surface area contributed by atoms with E-state index < -0.39 is 0 Å². The van der Waals surface area contributed by atoms with Gasteiger partial charge in [0.15, 0.2) is 5.65 Å². The zero-order valence-corrected chi connectivity index (χ0v) is 17.9. The van der Waals surface area contributed by atoms with Gasteiger partial charge in [0.25, 0.3) is 0 Å². The summed E-state index contributed by atoms with van der Waals surface area (Å²) in [4.78, 5) is 32.7. The molecule has 0 saturated heterocycles. The lowest BCUT2D eigenvalue weighted by Gasteiger charge is -2.08. The van der Waals surface area contributed by atoms with E-state index in [0.29, 0.717) is 5.65 Å². The van der Waals surface area contributed by atoms with Gasteiger partial charge in [-0.1, -0.05) is 36.4 Å². The Balaban J connectivity index is 1.67. The van der Waals surface area contributed by atoms with Crippen LogP contribution in [0.2, 0.25) is 0 Å². The first-order valence-corrected chi connectivity index (χ1v) is 10.2. The Morgan fingerprint density at radius 3 is 1.59 bits per heavy atom. The molecule has 0 atom stereocenters. The summed E-state index contributed by atoms with van der Waals surface area (Å²) in [5, 5.41) is 0.925. The van der Waals surface area contributed by atoms with Crippen LogP contribution in [-0.4, -0.2) is 36.1 Å². The molecule has 0 bridgehead atoms. The monoisotopic (exact) mass is 426 g/mol. The van der Waals surface area contributed by atoms with Gasteiger partial charge in [0, 0.05) is 16.5 Å². The number of aromatic nitrogens is 2. The Kier molecular flexibility index (Phi) is 6.22. The van der Waals surface area contributed by atoms with E-state index in [9.17, 15) is 9.59 Å². The summed E-state index contributed by atoms with van der Waals surface area (Å²) in [5.41, 5.74) is 5.69. The van der Waals surface area contributed by atoms with Crippen molar-refractivity contribution in [1.29, 1.82) is 0 Å². The summed E-state index contributed by atoms with van der Waals surface area (Å²) < 4.78 is 9.52. The van der Waals surface area contributed by atoms with Crippen LogP contribution in [0.3, 0.4) is 0 Å². The van der Waals surface area contributed by atoms with Crippen molar-refractivity contribution in [2.75, 3.05) is 14.2 Å². The van der Waals surface area contributed by atoms with Crippen LogP contribution >= 0.6 is 0 Å². The second-order valence-electron chi connectivity index (χ2n) is 7.35. The molecule has 6 heteroatoms. The molecule has 0 aliphatic rings. The number of benzene rings is 2. The Labute approximate surface area is 185 Å². The fraction of sp³-hybridized carbons (Fsp3) is 0.154. The van der Waals surface area contributed by atoms with Gasteiger partial charge in [-0.2, -0.15) is 0 Å². The number of nitrogens with zero attached hydrogens (tertiary/aromatic N) is 2. The zero-order valence-electron chi connectivity index (χ0n) is 17.9. The fourth-order valence-electron chi connectivity index (χ4n) is 3.48. The molecule has 160 valence electrons. The average molecular weight is 426 g/mol. The van der Waals surface area contributed by atoms with Crippen molar-refractivity contribution in [2.45, 2.75) is 12.8 Å². The Morgan fingerprint density at radius 2 is 1.16 bits per heavy atom. The molecular formula is C26H22N2O4. The van der Waals surface area contributed by atoms with Crippen LogP contribution in [0.15, 0.2) is 72.8 Å². The van der Waals surface area contributed by atoms with E-state index in [1.165, 1.54) is 14.2 Å². The van der Waals surface area contributed by atoms with E-state index in [0.717, 1.165) is 39.0 Å². The van der Waals surface area contributed by atoms with Crippen LogP contribution in [-0.2, 0) is 31.9 Å². The maximum Gasteiger partial charge on any atom is 0.309 e. The Morgan fingerprint density at radius 1 is 0.688 bits per heavy atom. The molecule has 2 aromatic heterocycles. The van der Waals surface area contributed by atoms with Crippen LogP contribution < -0.4 is 0 Å². The topological polar surface area (TPSA) is 78.4 Å². The molecule has 2 heterocycles. The number of carbonyl (C=O) groups is 2. The highest BCUT2D eigenvalue weighted by Crippen LogP contribution is 2.25. The number of ether oxygens (including phenoxy) is 2. The molecule has 2 aromatic carbocycles. The molecule has 0 unspecified atom stereocenters. The largest absolute Gasteiger partial charge is 0.469 e. The van der Waals surface area contributed by atoms with Crippen molar-refractivity contribution in [3.63, 3.8) is 0 Å². The highest BCUT2D eigenvalue weighted by atomic mass is 16.5. The summed E-state index contributed by atoms with van der Waals surface area (Å²) in [6, 6.07) is 23.2. The molecule has 4 rings (SSSR count). The molecule has 6 nitrogen and oxygen atoms in total. The lowest BCUT2D eigenvalue weighted by molar-refractivity contribution is -0.140. The zero-order chi connectivity index (χ0) is 22.5. The van der Waals surface area contributed by atoms with Gasteiger partial charge in [-0.25, -0.2) is 9.97 Å². The van der Waals surface area contributed by atoms with Crippen LogP contribution in [0.4, 0.5) is 0 Å². The maximum atomic E-state index is 11.6. The van der Waals surface area contributed by atoms with Gasteiger partial charge in [0.2, 0.25) is 0 Å². The first kappa shape index (κ1) is 21.2. The van der Waals surface area contributed by atoms with Gasteiger partial charge >= 0.3 is 11.9 Å². The minimum atomic E-state index is -0.283. The minimum Gasteiger partial charge on any atom is -0.469 e. The molecule has 0 N–H and O–H groups in total. The highest BCUT2D eigenvalue weighted by molar-refractivity contribution is 5.82. The van der Waals surface area contributed by atoms with Crippen molar-refractivity contribution < 1.29 is 19.1 Å². The Bertz CT molecular complexity index is 1200. The van der Waals surface area contributed by atoms with E-state index in [4.69, 9.17) is 19.4 Å². The third-order valence-corrected chi connectivity index (χ3v) is 5.15. The van der Waals surface area contributed by atoms with Crippen LogP contribution in [0.5, 0.6) is 0 Å². The summed E-state index contributed by atoms with van der Waals surface area (Å²) in [6.07, 6.45) is 0.421. The number of esters is 2. The number of carbonyl (C=O) groups excluding carboxylic acids is 2. The number of hydrogen-bond donors (Lipinski definition) is 0. The number of hydrogen-bond acceptors (Lipinski definition) is 6. The van der Waals surface area contributed by atoms with E-state index in [-0.39, 0.29) is 24.8 Å². The van der Waals surface area contributed by atoms with Crippen molar-refractivity contribution in [1.82, 2.24) is 9.97 Å². The first-order chi connectivity index (χ1) is 15.6. The highest BCUT2D eigenvalue weighted by Gasteiger charge is 2.09. The van der Waals surface area contributed by atoms with Crippen molar-refractivity contribution in [2.24, 2.45) is 0 Å². The van der Waals surface area contributed by atoms with Crippen molar-refractivity contribution in [3.8, 4) is 22.5 Å². The fourth-order valence-corrected chi connectivity index (χ4v) is 3.48. The molecule has 0 spiro atoms. The van der Waals surface area contributed by atoms with Gasteiger partial charge in [-0.15, -0.1) is 0 Å². The molecule has 0 fully saturated rings. The van der Waals surface area contributed by atoms with Gasteiger partial charge in [0.05, 0.1) is 38.4 Å². The van der Waals surface area contributed by atoms with Crippen molar-refractivity contribution in [3.05, 3.63) is 83.9 Å². The van der Waals surface area contributed by atoms with E-state index in [1.54, 1.807) is 0 Å². The molecule has 0 aliphatic carbocycles. The molecular weight excluding hydrogens is 404 g/mol. The summed E-state index contributed by atoms with van der Waals surface area (Å²) in [6.45, 7) is 0. The SMILES string of the molecule is COC(=O)Cc1cccc(-c2ccc3ccc(-c4cccc(CC(=O)OC)c4)nc3n2)c1. The standard InChI is InChI=1S/C26H22N2O4/c1-31-24(29)15-17-5-3-7-20(13-17)22-11-9-19-10-12-23(28-26(19)27-22)21-8-4-6-18(14-21)16-25(30)32-2/h3-14H,15-16H2,1-2H3. The molecule has 0 aliphatic heterocycles. The van der Waals surface area contributed by atoms with Gasteiger partial charge in [0.1, 0.15) is 0 Å². The predicted octanol–water partition coefficient (Wildman–Crippen LogP) is 4.39. The lowest BCUT2D eigenvalue weighted by atomic mass is 10.0. The number of pyridine rings is 2. The third-order valence-electron chi connectivity index (χ3n) is 5.15. The number of methoxy groups -OCH3 is 2. The van der Waals surface area contributed by atoms with Gasteiger partial charge in [-0.05, 0) is 47.5 Å². The molecule has 4 aromatic rings. The quantitative estimate of drug-likeness (QED) is 0.426. The van der Waals surface area contributed by atoms with Crippen LogP contribution in [0.1, 0.15) is 11.1 Å². The normalized spacial score (nSPS) is 10.7. The van der Waals surface area contributed by atoms with Gasteiger partial charge in [-0.3, -0.25) is 9.59 Å². The summed E-state index contributed by atoms with van der Waals surface area (Å²) >= 11 is 0. The van der Waals surface area contributed by atoms with E-state index >= 15 is 0 Å². The van der Waals surface area contributed by atoms with E-state index in [2.05, 4.69) is 0 Å². The van der Waals surface area contributed by atoms with Crippen LogP contribution in [0, 0.1) is 0 Å². The smallest absolute Gasteiger partial charge is 0.309 e. The Hall–Kier alpha value is -4.06. The first-order valence-electron chi connectivity index (χ1n) is 10.2. The lowest BCUT2D eigenvalue weighted by Crippen LogP contribution is -2.04. The third kappa shape index (κ3) is 4.81. The average Bonchev–Trinajstić information content (AvgIpc) is 2.83. The predicted molar refractivity (Wildman–Crippen MR) is 122 cm³/mol. The minimum absolute atomic E-state index is 0.211. The summed E-state index contributed by atoms with van der Waals surface area (Å²) in [5.74, 6) is -0.566.